The Labute approximate surface area is 124 Å². The minimum atomic E-state index is 0.223. The fourth-order valence-corrected chi connectivity index (χ4v) is 4.04. The Kier molecular flexibility index (Phi) is 3.77. The number of hydrogen-bond acceptors (Lipinski definition) is 4. The molecule has 2 aliphatic heterocycles. The van der Waals surface area contributed by atoms with Crippen molar-refractivity contribution in [3.05, 3.63) is 17.0 Å². The van der Waals surface area contributed by atoms with Gasteiger partial charge in [-0.05, 0) is 26.7 Å². The normalized spacial score (nSPS) is 23.4. The van der Waals surface area contributed by atoms with Crippen LogP contribution in [0.4, 0.5) is 0 Å². The van der Waals surface area contributed by atoms with Gasteiger partial charge in [0.1, 0.15) is 0 Å². The summed E-state index contributed by atoms with van der Waals surface area (Å²) < 4.78 is 7.39. The Morgan fingerprint density at radius 2 is 2.15 bits per heavy atom. The molecule has 0 radical (unpaired) electrons. The van der Waals surface area contributed by atoms with Crippen molar-refractivity contribution >= 4 is 16.9 Å². The lowest BCUT2D eigenvalue weighted by Crippen LogP contribution is -2.48. The van der Waals surface area contributed by atoms with Gasteiger partial charge < -0.3 is 10.1 Å². The predicted octanol–water partition coefficient (Wildman–Crippen LogP) is 1.78. The molecule has 0 aromatic carbocycles. The van der Waals surface area contributed by atoms with Crippen LogP contribution in [-0.2, 0) is 18.3 Å². The first-order valence-electron chi connectivity index (χ1n) is 7.12. The molecular formula is C14H22N4OS. The zero-order chi connectivity index (χ0) is 14.2. The van der Waals surface area contributed by atoms with Crippen molar-refractivity contribution in [3.8, 4) is 0 Å². The molecule has 0 saturated carbocycles. The maximum Gasteiger partial charge on any atom is 0.157 e. The van der Waals surface area contributed by atoms with Crippen LogP contribution in [0.15, 0.2) is 4.99 Å². The first-order valence-corrected chi connectivity index (χ1v) is 8.10. The van der Waals surface area contributed by atoms with E-state index < -0.39 is 0 Å². The minimum absolute atomic E-state index is 0.223. The summed E-state index contributed by atoms with van der Waals surface area (Å²) in [5.74, 6) is 1.11. The summed E-state index contributed by atoms with van der Waals surface area (Å²) in [7, 11) is 1.98. The summed E-state index contributed by atoms with van der Waals surface area (Å²) in [6, 6.07) is 0. The highest BCUT2D eigenvalue weighted by Gasteiger charge is 2.38. The van der Waals surface area contributed by atoms with Gasteiger partial charge in [0.05, 0.1) is 17.8 Å². The van der Waals surface area contributed by atoms with Crippen molar-refractivity contribution in [2.24, 2.45) is 12.0 Å². The third-order valence-corrected chi connectivity index (χ3v) is 5.55. The molecule has 2 saturated heterocycles. The number of nitrogens with one attached hydrogen (secondary N) is 1. The lowest BCUT2D eigenvalue weighted by Gasteiger charge is -2.32. The molecule has 110 valence electrons. The number of nitrogens with zero attached hydrogens (tertiary/aromatic N) is 3. The standard InChI is InChI=1S/C14H22N4OS/c1-10-12(11(2)18(3)17-10)8-15-13-16-14(9-20-13)4-6-19-7-5-14/h4-9H2,1-3H3,(H,15,16). The van der Waals surface area contributed by atoms with Gasteiger partial charge in [0, 0.05) is 37.3 Å². The lowest BCUT2D eigenvalue weighted by molar-refractivity contribution is 0.0555. The highest BCUT2D eigenvalue weighted by Crippen LogP contribution is 2.32. The average Bonchev–Trinajstić information content (AvgIpc) is 2.92. The second-order valence-electron chi connectivity index (χ2n) is 5.70. The molecule has 1 aromatic heterocycles. The molecule has 0 bridgehead atoms. The summed E-state index contributed by atoms with van der Waals surface area (Å²) in [5.41, 5.74) is 3.75. The van der Waals surface area contributed by atoms with Gasteiger partial charge in [0.15, 0.2) is 5.17 Å². The van der Waals surface area contributed by atoms with Crippen LogP contribution < -0.4 is 5.32 Å². The van der Waals surface area contributed by atoms with E-state index in [0.717, 1.165) is 42.7 Å². The molecule has 0 aliphatic carbocycles. The third kappa shape index (κ3) is 2.59. The van der Waals surface area contributed by atoms with E-state index >= 15 is 0 Å². The number of amidine groups is 1. The fourth-order valence-electron chi connectivity index (χ4n) is 2.82. The molecule has 2 aliphatic rings. The molecule has 1 aromatic rings. The van der Waals surface area contributed by atoms with Gasteiger partial charge in [-0.15, -0.1) is 0 Å². The molecular weight excluding hydrogens is 272 g/mol. The Bertz CT molecular complexity index is 532. The SMILES string of the molecule is Cc1nn(C)c(C)c1CN=C1NC2(CCOCC2)CS1. The zero-order valence-electron chi connectivity index (χ0n) is 12.4. The number of rotatable bonds is 2. The Hall–Kier alpha value is -1.01. The number of aromatic nitrogens is 2. The summed E-state index contributed by atoms with van der Waals surface area (Å²) >= 11 is 1.84. The minimum Gasteiger partial charge on any atom is -0.381 e. The van der Waals surface area contributed by atoms with Gasteiger partial charge in [-0.3, -0.25) is 9.67 Å². The van der Waals surface area contributed by atoms with E-state index in [1.807, 2.05) is 23.5 Å². The van der Waals surface area contributed by atoms with Crippen LogP contribution >= 0.6 is 11.8 Å². The van der Waals surface area contributed by atoms with E-state index in [2.05, 4.69) is 24.3 Å². The van der Waals surface area contributed by atoms with Crippen LogP contribution in [-0.4, -0.2) is 39.5 Å². The van der Waals surface area contributed by atoms with Gasteiger partial charge in [-0.1, -0.05) is 11.8 Å². The summed E-state index contributed by atoms with van der Waals surface area (Å²) in [6.07, 6.45) is 2.17. The quantitative estimate of drug-likeness (QED) is 0.903. The van der Waals surface area contributed by atoms with Crippen molar-refractivity contribution in [2.45, 2.75) is 38.8 Å². The first-order chi connectivity index (χ1) is 9.60. The van der Waals surface area contributed by atoms with Crippen LogP contribution in [0, 0.1) is 13.8 Å². The third-order valence-electron chi connectivity index (χ3n) is 4.35. The van der Waals surface area contributed by atoms with E-state index in [1.54, 1.807) is 0 Å². The van der Waals surface area contributed by atoms with Gasteiger partial charge in [0.25, 0.3) is 0 Å². The molecule has 0 atom stereocenters. The van der Waals surface area contributed by atoms with E-state index in [1.165, 1.54) is 11.3 Å². The molecule has 0 unspecified atom stereocenters. The molecule has 1 N–H and O–H groups in total. The van der Waals surface area contributed by atoms with Crippen LogP contribution in [0.25, 0.3) is 0 Å². The maximum atomic E-state index is 5.45. The number of ether oxygens (including phenoxy) is 1. The number of hydrogen-bond donors (Lipinski definition) is 1. The monoisotopic (exact) mass is 294 g/mol. The van der Waals surface area contributed by atoms with Crippen molar-refractivity contribution < 1.29 is 4.74 Å². The maximum absolute atomic E-state index is 5.45. The fraction of sp³-hybridized carbons (Fsp3) is 0.714. The van der Waals surface area contributed by atoms with Gasteiger partial charge in [0.2, 0.25) is 0 Å². The van der Waals surface area contributed by atoms with Crippen molar-refractivity contribution in [1.82, 2.24) is 15.1 Å². The number of aryl methyl sites for hydroxylation is 2. The number of thioether (sulfide) groups is 1. The van der Waals surface area contributed by atoms with Crippen LogP contribution in [0.2, 0.25) is 0 Å². The van der Waals surface area contributed by atoms with E-state index in [-0.39, 0.29) is 5.54 Å². The summed E-state index contributed by atoms with van der Waals surface area (Å²) in [5, 5.41) is 9.15. The molecule has 2 fully saturated rings. The Morgan fingerprint density at radius 3 is 2.80 bits per heavy atom. The molecule has 6 heteroatoms. The molecule has 20 heavy (non-hydrogen) atoms. The van der Waals surface area contributed by atoms with Gasteiger partial charge >= 0.3 is 0 Å². The highest BCUT2D eigenvalue weighted by atomic mass is 32.2. The van der Waals surface area contributed by atoms with Gasteiger partial charge in [-0.2, -0.15) is 5.10 Å². The first kappa shape index (κ1) is 13.9. The topological polar surface area (TPSA) is 51.4 Å². The second kappa shape index (κ2) is 5.41. The van der Waals surface area contributed by atoms with Crippen molar-refractivity contribution in [2.75, 3.05) is 19.0 Å². The number of aliphatic imine (C=N–C) groups is 1. The lowest BCUT2D eigenvalue weighted by atomic mass is 9.93. The summed E-state index contributed by atoms with van der Waals surface area (Å²) in [4.78, 5) is 4.75. The van der Waals surface area contributed by atoms with Crippen molar-refractivity contribution in [3.63, 3.8) is 0 Å². The van der Waals surface area contributed by atoms with E-state index in [9.17, 15) is 0 Å². The van der Waals surface area contributed by atoms with Gasteiger partial charge in [-0.25, -0.2) is 0 Å². The Morgan fingerprint density at radius 1 is 1.40 bits per heavy atom. The van der Waals surface area contributed by atoms with Crippen LogP contribution in [0.5, 0.6) is 0 Å². The summed E-state index contributed by atoms with van der Waals surface area (Å²) in [6.45, 7) is 6.60. The van der Waals surface area contributed by atoms with E-state index in [4.69, 9.17) is 9.73 Å². The molecule has 0 amide bonds. The largest absolute Gasteiger partial charge is 0.381 e. The molecule has 5 nitrogen and oxygen atoms in total. The van der Waals surface area contributed by atoms with E-state index in [0.29, 0.717) is 6.54 Å². The highest BCUT2D eigenvalue weighted by molar-refractivity contribution is 8.14. The Balaban J connectivity index is 1.68. The zero-order valence-corrected chi connectivity index (χ0v) is 13.2. The van der Waals surface area contributed by atoms with Crippen LogP contribution in [0.1, 0.15) is 29.8 Å². The average molecular weight is 294 g/mol. The smallest absolute Gasteiger partial charge is 0.157 e. The van der Waals surface area contributed by atoms with Crippen molar-refractivity contribution in [1.29, 1.82) is 0 Å². The molecule has 3 rings (SSSR count). The predicted molar refractivity (Wildman–Crippen MR) is 82.2 cm³/mol. The molecule has 1 spiro atoms. The second-order valence-corrected chi connectivity index (χ2v) is 6.66. The van der Waals surface area contributed by atoms with Crippen LogP contribution in [0.3, 0.4) is 0 Å². The molecule has 3 heterocycles.